The van der Waals surface area contributed by atoms with E-state index in [1.165, 1.54) is 39.2 Å². The number of hydrogen-bond acceptors (Lipinski definition) is 3. The average molecular weight is 225 g/mol. The Morgan fingerprint density at radius 2 is 1.94 bits per heavy atom. The number of piperidine rings is 1. The molecule has 0 spiro atoms. The van der Waals surface area contributed by atoms with E-state index in [0.29, 0.717) is 6.04 Å². The van der Waals surface area contributed by atoms with Gasteiger partial charge in [0.1, 0.15) is 0 Å². The van der Waals surface area contributed by atoms with E-state index in [1.807, 2.05) is 0 Å². The third-order valence-electron chi connectivity index (χ3n) is 4.19. The molecular weight excluding hydrogens is 202 g/mol. The molecule has 0 bridgehead atoms. The Balaban J connectivity index is 1.87. The lowest BCUT2D eigenvalue weighted by molar-refractivity contribution is -0.146. The van der Waals surface area contributed by atoms with Crippen LogP contribution in [0.2, 0.25) is 0 Å². The fourth-order valence-electron chi connectivity index (χ4n) is 3.23. The van der Waals surface area contributed by atoms with Crippen LogP contribution in [0.25, 0.3) is 0 Å². The van der Waals surface area contributed by atoms with Gasteiger partial charge in [-0.2, -0.15) is 0 Å². The smallest absolute Gasteiger partial charge is 0.308 e. The van der Waals surface area contributed by atoms with Crippen molar-refractivity contribution in [3.63, 3.8) is 0 Å². The quantitative estimate of drug-likeness (QED) is 0.731. The summed E-state index contributed by atoms with van der Waals surface area (Å²) >= 11 is 0. The van der Waals surface area contributed by atoms with Crippen molar-refractivity contribution >= 4 is 5.97 Å². The number of methoxy groups -OCH3 is 1. The first-order chi connectivity index (χ1) is 7.81. The second-order valence-corrected chi connectivity index (χ2v) is 5.20. The summed E-state index contributed by atoms with van der Waals surface area (Å²) in [6, 6.07) is 0.554. The minimum absolute atomic E-state index is 0.0118. The Morgan fingerprint density at radius 3 is 2.62 bits per heavy atom. The highest BCUT2D eigenvalue weighted by atomic mass is 16.5. The van der Waals surface area contributed by atoms with E-state index < -0.39 is 0 Å². The van der Waals surface area contributed by atoms with Crippen LogP contribution in [0.4, 0.5) is 0 Å². The Kier molecular flexibility index (Phi) is 4.22. The van der Waals surface area contributed by atoms with Gasteiger partial charge in [-0.25, -0.2) is 0 Å². The summed E-state index contributed by atoms with van der Waals surface area (Å²) in [5.74, 6) is 0.918. The molecule has 1 heterocycles. The lowest BCUT2D eigenvalue weighted by Gasteiger charge is -2.36. The standard InChI is InChI=1S/C13H23NO2/c1-16-13(15)11-7-8-14-12(9-11)10-5-3-2-4-6-10/h10-12,14H,2-9H2,1H3. The summed E-state index contributed by atoms with van der Waals surface area (Å²) in [6.07, 6.45) is 8.73. The largest absolute Gasteiger partial charge is 0.469 e. The minimum Gasteiger partial charge on any atom is -0.469 e. The van der Waals surface area contributed by atoms with Gasteiger partial charge in [0, 0.05) is 6.04 Å². The fourth-order valence-corrected chi connectivity index (χ4v) is 3.23. The van der Waals surface area contributed by atoms with Gasteiger partial charge < -0.3 is 10.1 Å². The van der Waals surface area contributed by atoms with Crippen LogP contribution in [-0.4, -0.2) is 25.7 Å². The second-order valence-electron chi connectivity index (χ2n) is 5.20. The Bertz CT molecular complexity index is 236. The van der Waals surface area contributed by atoms with E-state index in [2.05, 4.69) is 5.32 Å². The zero-order chi connectivity index (χ0) is 11.4. The first-order valence-corrected chi connectivity index (χ1v) is 6.62. The number of hydrogen-bond donors (Lipinski definition) is 1. The third kappa shape index (κ3) is 2.76. The van der Waals surface area contributed by atoms with Gasteiger partial charge in [0.05, 0.1) is 13.0 Å². The van der Waals surface area contributed by atoms with Crippen molar-refractivity contribution in [1.82, 2.24) is 5.32 Å². The molecule has 0 amide bonds. The molecule has 1 saturated carbocycles. The van der Waals surface area contributed by atoms with Crippen molar-refractivity contribution < 1.29 is 9.53 Å². The molecule has 2 fully saturated rings. The van der Waals surface area contributed by atoms with E-state index in [0.717, 1.165) is 25.3 Å². The van der Waals surface area contributed by atoms with E-state index >= 15 is 0 Å². The van der Waals surface area contributed by atoms with Crippen molar-refractivity contribution in [2.24, 2.45) is 11.8 Å². The second kappa shape index (κ2) is 5.67. The molecule has 2 rings (SSSR count). The molecule has 2 aliphatic rings. The van der Waals surface area contributed by atoms with Gasteiger partial charge in [0.15, 0.2) is 0 Å². The number of ether oxygens (including phenoxy) is 1. The van der Waals surface area contributed by atoms with Crippen LogP contribution in [-0.2, 0) is 9.53 Å². The van der Waals surface area contributed by atoms with Gasteiger partial charge in [-0.15, -0.1) is 0 Å². The number of nitrogens with one attached hydrogen (secondary N) is 1. The van der Waals surface area contributed by atoms with Gasteiger partial charge >= 0.3 is 5.97 Å². The predicted octanol–water partition coefficient (Wildman–Crippen LogP) is 2.11. The number of esters is 1. The lowest BCUT2D eigenvalue weighted by Crippen LogP contribution is -2.45. The minimum atomic E-state index is -0.0118. The number of carbonyl (C=O) groups excluding carboxylic acids is 1. The third-order valence-corrected chi connectivity index (χ3v) is 4.19. The summed E-state index contributed by atoms with van der Waals surface area (Å²) in [5.41, 5.74) is 0. The first-order valence-electron chi connectivity index (χ1n) is 6.62. The maximum absolute atomic E-state index is 11.5. The van der Waals surface area contributed by atoms with E-state index in [9.17, 15) is 4.79 Å². The summed E-state index contributed by atoms with van der Waals surface area (Å²) in [6.45, 7) is 0.973. The zero-order valence-electron chi connectivity index (χ0n) is 10.2. The SMILES string of the molecule is COC(=O)C1CCNC(C2CCCCC2)C1. The lowest BCUT2D eigenvalue weighted by atomic mass is 9.78. The summed E-state index contributed by atoms with van der Waals surface area (Å²) in [4.78, 5) is 11.5. The van der Waals surface area contributed by atoms with Crippen molar-refractivity contribution in [2.75, 3.05) is 13.7 Å². The molecule has 1 aliphatic carbocycles. The van der Waals surface area contributed by atoms with Gasteiger partial charge in [-0.3, -0.25) is 4.79 Å². The van der Waals surface area contributed by atoms with E-state index in [-0.39, 0.29) is 11.9 Å². The molecule has 1 aliphatic heterocycles. The van der Waals surface area contributed by atoms with Gasteiger partial charge in [0.25, 0.3) is 0 Å². The molecule has 3 nitrogen and oxygen atoms in total. The molecule has 16 heavy (non-hydrogen) atoms. The maximum atomic E-state index is 11.5. The zero-order valence-corrected chi connectivity index (χ0v) is 10.2. The van der Waals surface area contributed by atoms with Crippen molar-refractivity contribution in [3.8, 4) is 0 Å². The average Bonchev–Trinajstić information content (AvgIpc) is 2.39. The number of rotatable bonds is 2. The van der Waals surface area contributed by atoms with Crippen LogP contribution < -0.4 is 5.32 Å². The van der Waals surface area contributed by atoms with Gasteiger partial charge in [0.2, 0.25) is 0 Å². The molecule has 2 unspecified atom stereocenters. The predicted molar refractivity (Wildman–Crippen MR) is 63.1 cm³/mol. The van der Waals surface area contributed by atoms with Crippen LogP contribution in [0.3, 0.4) is 0 Å². The normalized spacial score (nSPS) is 32.3. The van der Waals surface area contributed by atoms with E-state index in [1.54, 1.807) is 0 Å². The Morgan fingerprint density at radius 1 is 1.19 bits per heavy atom. The van der Waals surface area contributed by atoms with Crippen LogP contribution in [0.1, 0.15) is 44.9 Å². The van der Waals surface area contributed by atoms with Crippen LogP contribution >= 0.6 is 0 Å². The molecule has 3 heteroatoms. The fraction of sp³-hybridized carbons (Fsp3) is 0.923. The highest BCUT2D eigenvalue weighted by molar-refractivity contribution is 5.72. The summed E-state index contributed by atoms with van der Waals surface area (Å²) in [7, 11) is 1.50. The Labute approximate surface area is 97.9 Å². The number of carbonyl (C=O) groups is 1. The molecule has 0 aromatic carbocycles. The monoisotopic (exact) mass is 225 g/mol. The molecule has 1 N–H and O–H groups in total. The highest BCUT2D eigenvalue weighted by Gasteiger charge is 2.32. The molecule has 1 saturated heterocycles. The molecular formula is C13H23NO2. The maximum Gasteiger partial charge on any atom is 0.308 e. The molecule has 92 valence electrons. The summed E-state index contributed by atoms with van der Waals surface area (Å²) in [5, 5.41) is 3.59. The van der Waals surface area contributed by atoms with Crippen LogP contribution in [0.5, 0.6) is 0 Å². The van der Waals surface area contributed by atoms with Crippen LogP contribution in [0.15, 0.2) is 0 Å². The van der Waals surface area contributed by atoms with Crippen molar-refractivity contribution in [1.29, 1.82) is 0 Å². The Hall–Kier alpha value is -0.570. The molecule has 2 atom stereocenters. The molecule has 0 aromatic heterocycles. The highest BCUT2D eigenvalue weighted by Crippen LogP contribution is 2.31. The first kappa shape index (κ1) is 11.9. The van der Waals surface area contributed by atoms with Crippen molar-refractivity contribution in [2.45, 2.75) is 51.0 Å². The van der Waals surface area contributed by atoms with E-state index in [4.69, 9.17) is 4.74 Å². The van der Waals surface area contributed by atoms with Gasteiger partial charge in [-0.1, -0.05) is 19.3 Å². The van der Waals surface area contributed by atoms with Crippen LogP contribution in [0, 0.1) is 11.8 Å². The molecule has 0 radical (unpaired) electrons. The van der Waals surface area contributed by atoms with Crippen molar-refractivity contribution in [3.05, 3.63) is 0 Å². The topological polar surface area (TPSA) is 38.3 Å². The van der Waals surface area contributed by atoms with Gasteiger partial charge in [-0.05, 0) is 38.1 Å². The molecule has 0 aromatic rings. The summed E-state index contributed by atoms with van der Waals surface area (Å²) < 4.78 is 4.86.